The molecule has 1 aliphatic rings. The van der Waals surface area contributed by atoms with Gasteiger partial charge in [-0.3, -0.25) is 0 Å². The first kappa shape index (κ1) is 21.6. The van der Waals surface area contributed by atoms with Crippen LogP contribution in [0.25, 0.3) is 0 Å². The SMILES string of the molecule is CCCCCCNC(=O)N1CCN(C(=O)NCCCCCC)C(C)C1. The van der Waals surface area contributed by atoms with Crippen LogP contribution in [0.5, 0.6) is 0 Å². The van der Waals surface area contributed by atoms with Gasteiger partial charge in [0.1, 0.15) is 0 Å². The smallest absolute Gasteiger partial charge is 0.317 e. The van der Waals surface area contributed by atoms with Gasteiger partial charge in [0.15, 0.2) is 0 Å². The third-order valence-corrected chi connectivity index (χ3v) is 4.79. The number of carbonyl (C=O) groups is 2. The molecule has 1 aliphatic heterocycles. The van der Waals surface area contributed by atoms with E-state index in [4.69, 9.17) is 0 Å². The number of hydrogen-bond acceptors (Lipinski definition) is 2. The summed E-state index contributed by atoms with van der Waals surface area (Å²) in [5, 5.41) is 6.01. The number of carbonyl (C=O) groups excluding carboxylic acids is 2. The normalized spacial score (nSPS) is 17.5. The van der Waals surface area contributed by atoms with Gasteiger partial charge in [-0.15, -0.1) is 0 Å². The molecule has 6 heteroatoms. The molecule has 6 nitrogen and oxygen atoms in total. The molecule has 0 spiro atoms. The van der Waals surface area contributed by atoms with Crippen molar-refractivity contribution in [2.75, 3.05) is 32.7 Å². The zero-order valence-corrected chi connectivity index (χ0v) is 16.5. The molecule has 1 saturated heterocycles. The molecular weight excluding hydrogens is 316 g/mol. The molecule has 25 heavy (non-hydrogen) atoms. The van der Waals surface area contributed by atoms with Crippen molar-refractivity contribution < 1.29 is 9.59 Å². The van der Waals surface area contributed by atoms with E-state index in [9.17, 15) is 9.59 Å². The Morgan fingerprint density at radius 2 is 1.40 bits per heavy atom. The molecule has 1 rings (SSSR count). The molecular formula is C19H38N4O2. The van der Waals surface area contributed by atoms with Crippen LogP contribution in [0.3, 0.4) is 0 Å². The monoisotopic (exact) mass is 354 g/mol. The van der Waals surface area contributed by atoms with Crippen molar-refractivity contribution in [3.8, 4) is 0 Å². The first-order valence-corrected chi connectivity index (χ1v) is 10.2. The summed E-state index contributed by atoms with van der Waals surface area (Å²) >= 11 is 0. The lowest BCUT2D eigenvalue weighted by molar-refractivity contribution is 0.112. The van der Waals surface area contributed by atoms with Gasteiger partial charge in [0, 0.05) is 38.8 Å². The number of urea groups is 2. The van der Waals surface area contributed by atoms with Crippen LogP contribution in [0.1, 0.15) is 72.1 Å². The number of rotatable bonds is 10. The molecule has 146 valence electrons. The summed E-state index contributed by atoms with van der Waals surface area (Å²) in [4.78, 5) is 28.2. The van der Waals surface area contributed by atoms with Gasteiger partial charge in [-0.05, 0) is 19.8 Å². The van der Waals surface area contributed by atoms with Gasteiger partial charge in [-0.25, -0.2) is 9.59 Å². The van der Waals surface area contributed by atoms with Gasteiger partial charge >= 0.3 is 12.1 Å². The predicted molar refractivity (Wildman–Crippen MR) is 103 cm³/mol. The van der Waals surface area contributed by atoms with E-state index in [1.54, 1.807) is 0 Å². The second-order valence-electron chi connectivity index (χ2n) is 7.07. The summed E-state index contributed by atoms with van der Waals surface area (Å²) in [6, 6.07) is 0.0572. The Kier molecular flexibility index (Phi) is 11.1. The second kappa shape index (κ2) is 12.8. The zero-order valence-electron chi connectivity index (χ0n) is 16.5. The standard InChI is InChI=1S/C19H38N4O2/c1-4-6-8-10-12-20-18(24)22-14-15-23(17(3)16-22)19(25)21-13-11-9-7-5-2/h17H,4-16H2,1-3H3,(H,20,24)(H,21,25). The molecule has 0 bridgehead atoms. The number of piperazine rings is 1. The van der Waals surface area contributed by atoms with E-state index < -0.39 is 0 Å². The molecule has 2 N–H and O–H groups in total. The van der Waals surface area contributed by atoms with Crippen LogP contribution in [0, 0.1) is 0 Å². The fourth-order valence-corrected chi connectivity index (χ4v) is 3.15. The van der Waals surface area contributed by atoms with Crippen LogP contribution >= 0.6 is 0 Å². The molecule has 0 saturated carbocycles. The van der Waals surface area contributed by atoms with E-state index in [2.05, 4.69) is 24.5 Å². The van der Waals surface area contributed by atoms with Crippen molar-refractivity contribution in [2.24, 2.45) is 0 Å². The highest BCUT2D eigenvalue weighted by atomic mass is 16.2. The van der Waals surface area contributed by atoms with Crippen molar-refractivity contribution in [1.82, 2.24) is 20.4 Å². The molecule has 0 aromatic heterocycles. The van der Waals surface area contributed by atoms with Crippen LogP contribution in [0.2, 0.25) is 0 Å². The molecule has 1 fully saturated rings. The van der Waals surface area contributed by atoms with Crippen LogP contribution in [-0.2, 0) is 0 Å². The molecule has 1 heterocycles. The Morgan fingerprint density at radius 3 is 1.92 bits per heavy atom. The van der Waals surface area contributed by atoms with Gasteiger partial charge in [0.25, 0.3) is 0 Å². The minimum atomic E-state index is 0.00275. The summed E-state index contributed by atoms with van der Waals surface area (Å²) in [5.41, 5.74) is 0. The molecule has 0 radical (unpaired) electrons. The first-order chi connectivity index (χ1) is 12.1. The molecule has 0 aromatic rings. The van der Waals surface area contributed by atoms with Crippen LogP contribution in [0.4, 0.5) is 9.59 Å². The van der Waals surface area contributed by atoms with E-state index in [1.807, 2.05) is 16.7 Å². The highest BCUT2D eigenvalue weighted by Gasteiger charge is 2.29. The number of nitrogens with one attached hydrogen (secondary N) is 2. The minimum absolute atomic E-state index is 0.00275. The lowest BCUT2D eigenvalue weighted by atomic mass is 10.2. The average Bonchev–Trinajstić information content (AvgIpc) is 2.60. The average molecular weight is 355 g/mol. The maximum atomic E-state index is 12.3. The molecule has 1 unspecified atom stereocenters. The predicted octanol–water partition coefficient (Wildman–Crippen LogP) is 3.57. The minimum Gasteiger partial charge on any atom is -0.338 e. The van der Waals surface area contributed by atoms with Gasteiger partial charge in [-0.1, -0.05) is 52.4 Å². The van der Waals surface area contributed by atoms with Crippen LogP contribution < -0.4 is 10.6 Å². The maximum Gasteiger partial charge on any atom is 0.317 e. The van der Waals surface area contributed by atoms with Crippen LogP contribution in [-0.4, -0.2) is 60.6 Å². The topological polar surface area (TPSA) is 64.7 Å². The third-order valence-electron chi connectivity index (χ3n) is 4.79. The van der Waals surface area contributed by atoms with Gasteiger partial charge in [-0.2, -0.15) is 0 Å². The largest absolute Gasteiger partial charge is 0.338 e. The molecule has 0 aromatic carbocycles. The number of unbranched alkanes of at least 4 members (excludes halogenated alkanes) is 6. The summed E-state index contributed by atoms with van der Waals surface area (Å²) in [7, 11) is 0. The van der Waals surface area contributed by atoms with E-state index >= 15 is 0 Å². The Balaban J connectivity index is 2.23. The van der Waals surface area contributed by atoms with Crippen LogP contribution in [0.15, 0.2) is 0 Å². The summed E-state index contributed by atoms with van der Waals surface area (Å²) in [6.07, 6.45) is 9.25. The highest BCUT2D eigenvalue weighted by molar-refractivity contribution is 5.76. The van der Waals surface area contributed by atoms with Gasteiger partial charge in [0.2, 0.25) is 0 Å². The fourth-order valence-electron chi connectivity index (χ4n) is 3.15. The van der Waals surface area contributed by atoms with Gasteiger partial charge in [0.05, 0.1) is 0 Å². The zero-order chi connectivity index (χ0) is 18.5. The summed E-state index contributed by atoms with van der Waals surface area (Å²) < 4.78 is 0. The second-order valence-corrected chi connectivity index (χ2v) is 7.07. The molecule has 0 aliphatic carbocycles. The van der Waals surface area contributed by atoms with Gasteiger partial charge < -0.3 is 20.4 Å². The first-order valence-electron chi connectivity index (χ1n) is 10.2. The van der Waals surface area contributed by atoms with Crippen molar-refractivity contribution in [1.29, 1.82) is 0 Å². The lowest BCUT2D eigenvalue weighted by Gasteiger charge is -2.39. The van der Waals surface area contributed by atoms with E-state index in [0.717, 1.165) is 25.9 Å². The summed E-state index contributed by atoms with van der Waals surface area (Å²) in [5.74, 6) is 0. The third kappa shape index (κ3) is 8.45. The van der Waals surface area contributed by atoms with Crippen molar-refractivity contribution >= 4 is 12.1 Å². The Hall–Kier alpha value is -1.46. The fraction of sp³-hybridized carbons (Fsp3) is 0.895. The number of amides is 4. The van der Waals surface area contributed by atoms with E-state index in [-0.39, 0.29) is 18.1 Å². The highest BCUT2D eigenvalue weighted by Crippen LogP contribution is 2.10. The quantitative estimate of drug-likeness (QED) is 0.589. The van der Waals surface area contributed by atoms with E-state index in [1.165, 1.54) is 38.5 Å². The lowest BCUT2D eigenvalue weighted by Crippen LogP contribution is -2.59. The van der Waals surface area contributed by atoms with Crippen molar-refractivity contribution in [3.05, 3.63) is 0 Å². The van der Waals surface area contributed by atoms with Crippen molar-refractivity contribution in [2.45, 2.75) is 78.2 Å². The van der Waals surface area contributed by atoms with E-state index in [0.29, 0.717) is 19.6 Å². The molecule has 1 atom stereocenters. The number of nitrogens with zero attached hydrogens (tertiary/aromatic N) is 2. The number of hydrogen-bond donors (Lipinski definition) is 2. The Bertz CT molecular complexity index is 390. The Morgan fingerprint density at radius 1 is 0.840 bits per heavy atom. The van der Waals surface area contributed by atoms with Crippen molar-refractivity contribution in [3.63, 3.8) is 0 Å². The maximum absolute atomic E-state index is 12.3. The summed E-state index contributed by atoms with van der Waals surface area (Å²) in [6.45, 7) is 9.67. The molecule has 4 amide bonds. The Labute approximate surface area is 153 Å².